The van der Waals surface area contributed by atoms with Gasteiger partial charge >= 0.3 is 0 Å². The molecule has 0 fully saturated rings. The Bertz CT molecular complexity index is 112. The van der Waals surface area contributed by atoms with Crippen molar-refractivity contribution in [2.24, 2.45) is 0 Å². The van der Waals surface area contributed by atoms with Crippen LogP contribution < -0.4 is 0 Å². The predicted molar refractivity (Wildman–Crippen MR) is 30.8 cm³/mol. The Morgan fingerprint density at radius 2 is 2.50 bits per heavy atom. The van der Waals surface area contributed by atoms with Crippen LogP contribution in [0.2, 0.25) is 0 Å². The van der Waals surface area contributed by atoms with Gasteiger partial charge in [-0.25, -0.2) is 11.6 Å². The van der Waals surface area contributed by atoms with Crippen molar-refractivity contribution in [2.75, 3.05) is 0 Å². The van der Waals surface area contributed by atoms with E-state index >= 15 is 0 Å². The molecule has 1 heteroatoms. The van der Waals surface area contributed by atoms with Gasteiger partial charge in [0.05, 0.1) is 0 Å². The van der Waals surface area contributed by atoms with E-state index in [0.717, 1.165) is 12.8 Å². The first-order valence-electron chi connectivity index (χ1n) is 2.69. The van der Waals surface area contributed by atoms with Crippen LogP contribution in [0, 0.1) is 6.08 Å². The van der Waals surface area contributed by atoms with Gasteiger partial charge in [0.1, 0.15) is 0 Å². The Morgan fingerprint density at radius 3 is 2.75 bits per heavy atom. The Kier molecular flexibility index (Phi) is 4.08. The van der Waals surface area contributed by atoms with E-state index in [4.69, 9.17) is 0 Å². The summed E-state index contributed by atoms with van der Waals surface area (Å²) in [7, 11) is 0. The zero-order valence-electron chi connectivity index (χ0n) is 5.28. The summed E-state index contributed by atoms with van der Waals surface area (Å²) < 4.78 is 0. The van der Waals surface area contributed by atoms with E-state index in [1.54, 1.807) is 0 Å². The maximum absolute atomic E-state index is 3.21. The summed E-state index contributed by atoms with van der Waals surface area (Å²) in [6.45, 7) is 2.15. The summed E-state index contributed by atoms with van der Waals surface area (Å²) in [5, 5.41) is 0. The third-order valence-electron chi connectivity index (χ3n) is 1.15. The molecular weight excluding hydrogens is 149 g/mol. The fourth-order valence-electron chi connectivity index (χ4n) is 0.693. The summed E-state index contributed by atoms with van der Waals surface area (Å²) >= 11 is 0. The van der Waals surface area contributed by atoms with Crippen molar-refractivity contribution in [1.29, 1.82) is 0 Å². The largest absolute Gasteiger partial charge is 0.270 e. The first-order valence-corrected chi connectivity index (χ1v) is 2.69. The van der Waals surface area contributed by atoms with Crippen LogP contribution in [0.1, 0.15) is 19.8 Å². The first-order chi connectivity index (χ1) is 3.43. The zero-order chi connectivity index (χ0) is 5.11. The topological polar surface area (TPSA) is 0 Å². The minimum absolute atomic E-state index is 0. The van der Waals surface area contributed by atoms with E-state index in [9.17, 15) is 0 Å². The van der Waals surface area contributed by atoms with Gasteiger partial charge in [-0.2, -0.15) is 6.08 Å². The van der Waals surface area contributed by atoms with Gasteiger partial charge in [0.15, 0.2) is 0 Å². The molecule has 0 saturated heterocycles. The molecule has 0 aromatic heterocycles. The van der Waals surface area contributed by atoms with Gasteiger partial charge < -0.3 is 0 Å². The van der Waals surface area contributed by atoms with Crippen molar-refractivity contribution in [2.45, 2.75) is 19.8 Å². The third kappa shape index (κ3) is 1.92. The third-order valence-corrected chi connectivity index (χ3v) is 1.15. The molecule has 0 amide bonds. The molecule has 0 spiro atoms. The van der Waals surface area contributed by atoms with E-state index < -0.39 is 0 Å². The van der Waals surface area contributed by atoms with Crippen molar-refractivity contribution in [3.05, 3.63) is 23.8 Å². The van der Waals surface area contributed by atoms with Crippen molar-refractivity contribution in [1.82, 2.24) is 0 Å². The van der Waals surface area contributed by atoms with Gasteiger partial charge in [0.25, 0.3) is 0 Å². The molecule has 0 aromatic rings. The monoisotopic (exact) mass is 157 g/mol. The fraction of sp³-hybridized carbons (Fsp3) is 0.429. The van der Waals surface area contributed by atoms with Crippen molar-refractivity contribution in [3.63, 3.8) is 0 Å². The minimum Gasteiger partial charge on any atom is -0.270 e. The number of rotatable bonds is 1. The standard InChI is InChI=1S/C7H9.Zn/c1-2-7-5-3-4-6-7;/h3,5H,2,4H2,1H3;/q-1;. The van der Waals surface area contributed by atoms with Gasteiger partial charge in [-0.05, 0) is 0 Å². The predicted octanol–water partition coefficient (Wildman–Crippen LogP) is 2.08. The molecule has 0 nitrogen and oxygen atoms in total. The normalized spacial score (nSPS) is 15.4. The summed E-state index contributed by atoms with van der Waals surface area (Å²) in [5.74, 6) is 0. The molecule has 0 unspecified atom stereocenters. The Morgan fingerprint density at radius 1 is 1.75 bits per heavy atom. The molecule has 1 rings (SSSR count). The molecule has 0 aliphatic heterocycles. The summed E-state index contributed by atoms with van der Waals surface area (Å²) in [6, 6.07) is 0. The van der Waals surface area contributed by atoms with Crippen LogP contribution >= 0.6 is 0 Å². The van der Waals surface area contributed by atoms with Crippen molar-refractivity contribution in [3.8, 4) is 0 Å². The SMILES string of the molecule is CCC1=[C-]CC=C1.[Zn]. The average Bonchev–Trinajstić information content (AvgIpc) is 2.14. The molecule has 0 radical (unpaired) electrons. The molecule has 0 saturated carbocycles. The Labute approximate surface area is 63.4 Å². The molecule has 0 heterocycles. The second-order valence-corrected chi connectivity index (χ2v) is 1.66. The molecule has 0 N–H and O–H groups in total. The maximum Gasteiger partial charge on any atom is 0 e. The maximum atomic E-state index is 3.21. The number of hydrogen-bond acceptors (Lipinski definition) is 0. The van der Waals surface area contributed by atoms with Crippen LogP contribution in [0.15, 0.2) is 17.7 Å². The minimum atomic E-state index is 0. The fourth-order valence-corrected chi connectivity index (χ4v) is 0.693. The van der Waals surface area contributed by atoms with E-state index in [0.29, 0.717) is 0 Å². The first kappa shape index (κ1) is 8.10. The quantitative estimate of drug-likeness (QED) is 0.405. The second-order valence-electron chi connectivity index (χ2n) is 1.66. The van der Waals surface area contributed by atoms with Gasteiger partial charge in [-0.3, -0.25) is 6.08 Å². The number of hydrogen-bond donors (Lipinski definition) is 0. The molecule has 8 heavy (non-hydrogen) atoms. The van der Waals surface area contributed by atoms with Gasteiger partial charge in [-0.1, -0.05) is 13.3 Å². The summed E-state index contributed by atoms with van der Waals surface area (Å²) in [6.07, 6.45) is 9.65. The molecule has 40 valence electrons. The van der Waals surface area contributed by atoms with Gasteiger partial charge in [0, 0.05) is 19.5 Å². The summed E-state index contributed by atoms with van der Waals surface area (Å²) in [5.41, 5.74) is 1.36. The molecule has 0 bridgehead atoms. The van der Waals surface area contributed by atoms with E-state index in [1.807, 2.05) is 0 Å². The Balaban J connectivity index is 0.000000490. The number of allylic oxidation sites excluding steroid dienone is 4. The summed E-state index contributed by atoms with van der Waals surface area (Å²) in [4.78, 5) is 0. The van der Waals surface area contributed by atoms with Crippen LogP contribution in [0.5, 0.6) is 0 Å². The molecule has 0 atom stereocenters. The van der Waals surface area contributed by atoms with Crippen LogP contribution in [0.25, 0.3) is 0 Å². The van der Waals surface area contributed by atoms with Gasteiger partial charge in [-0.15, -0.1) is 6.42 Å². The van der Waals surface area contributed by atoms with Crippen LogP contribution in [-0.2, 0) is 19.5 Å². The van der Waals surface area contributed by atoms with E-state index in [2.05, 4.69) is 25.2 Å². The van der Waals surface area contributed by atoms with Crippen LogP contribution in [-0.4, -0.2) is 0 Å². The Hall–Kier alpha value is 0.103. The van der Waals surface area contributed by atoms with Crippen molar-refractivity contribution >= 4 is 0 Å². The molecule has 1 aliphatic rings. The smallest absolute Gasteiger partial charge is 0 e. The van der Waals surface area contributed by atoms with Crippen LogP contribution in [0.4, 0.5) is 0 Å². The molecule has 0 aromatic carbocycles. The van der Waals surface area contributed by atoms with Gasteiger partial charge in [0.2, 0.25) is 0 Å². The van der Waals surface area contributed by atoms with Crippen LogP contribution in [0.3, 0.4) is 0 Å². The average molecular weight is 159 g/mol. The van der Waals surface area contributed by atoms with E-state index in [1.165, 1.54) is 5.57 Å². The second kappa shape index (κ2) is 4.03. The van der Waals surface area contributed by atoms with Crippen molar-refractivity contribution < 1.29 is 19.5 Å². The zero-order valence-corrected chi connectivity index (χ0v) is 8.24. The molecule has 1 aliphatic carbocycles. The molecular formula is C7H9Zn-. The van der Waals surface area contributed by atoms with E-state index in [-0.39, 0.29) is 19.5 Å².